The summed E-state index contributed by atoms with van der Waals surface area (Å²) < 4.78 is 24.2. The van der Waals surface area contributed by atoms with Crippen LogP contribution in [0.5, 0.6) is 0 Å². The number of rotatable bonds is 14. The fraction of sp³-hybridized carbons (Fsp3) is 0.769. The predicted octanol–water partition coefficient (Wildman–Crippen LogP) is 4.69. The van der Waals surface area contributed by atoms with E-state index < -0.39 is 22.0 Å². The van der Waals surface area contributed by atoms with Crippen LogP contribution >= 0.6 is 0 Å². The molecule has 5 atom stereocenters. The number of allylic oxidation sites excluding steroid dienone is 4. The van der Waals surface area contributed by atoms with Crippen LogP contribution in [0.3, 0.4) is 0 Å². The van der Waals surface area contributed by atoms with Gasteiger partial charge in [-0.2, -0.15) is 0 Å². The Bertz CT molecular complexity index is 841. The Morgan fingerprint density at radius 2 is 1.91 bits per heavy atom. The molecule has 1 unspecified atom stereocenters. The summed E-state index contributed by atoms with van der Waals surface area (Å²) >= 11 is 0. The Morgan fingerprint density at radius 3 is 2.58 bits per heavy atom. The maximum atomic E-state index is 13.0. The van der Waals surface area contributed by atoms with Crippen LogP contribution in [0.25, 0.3) is 0 Å². The van der Waals surface area contributed by atoms with Gasteiger partial charge in [-0.3, -0.25) is 14.3 Å². The van der Waals surface area contributed by atoms with Gasteiger partial charge in [0, 0.05) is 18.8 Å². The highest BCUT2D eigenvalue weighted by Gasteiger charge is 2.47. The van der Waals surface area contributed by atoms with E-state index >= 15 is 0 Å². The number of aliphatic hydroxyl groups is 1. The number of hydrogen-bond donors (Lipinski definition) is 2. The minimum atomic E-state index is -3.49. The van der Waals surface area contributed by atoms with Gasteiger partial charge in [-0.05, 0) is 83.0 Å². The van der Waals surface area contributed by atoms with Crippen LogP contribution in [0.15, 0.2) is 23.3 Å². The second-order valence-electron chi connectivity index (χ2n) is 10.5. The van der Waals surface area contributed by atoms with Gasteiger partial charge in [0.25, 0.3) is 0 Å². The first-order chi connectivity index (χ1) is 15.5. The highest BCUT2D eigenvalue weighted by molar-refractivity contribution is 7.89. The molecule has 33 heavy (non-hydrogen) atoms. The zero-order valence-corrected chi connectivity index (χ0v) is 21.6. The van der Waals surface area contributed by atoms with Crippen molar-refractivity contribution in [2.75, 3.05) is 6.26 Å². The standard InChI is InChI=1S/C26H43NO5S/c1-18(2)9-7-10-19(3)11-8-13-23(28)26-22-16-20(15-21(22)17-24(26)29)12-5-6-14-25(30)27-33(4,31)32/h9,15,19,21-22,24,26,29H,5-8,10-14,16-17H2,1-4H3,(H,27,30)/t19?,21-,22-,24+,26-/m1/s1. The fourth-order valence-corrected chi connectivity index (χ4v) is 5.94. The molecule has 7 heteroatoms. The lowest BCUT2D eigenvalue weighted by Crippen LogP contribution is -2.29. The summed E-state index contributed by atoms with van der Waals surface area (Å²) in [5.74, 6) is 0.610. The molecule has 0 heterocycles. The van der Waals surface area contributed by atoms with E-state index in [2.05, 4.69) is 32.9 Å². The van der Waals surface area contributed by atoms with Crippen molar-refractivity contribution in [3.05, 3.63) is 23.3 Å². The number of nitrogens with one attached hydrogen (secondary N) is 1. The first-order valence-corrected chi connectivity index (χ1v) is 14.4. The lowest BCUT2D eigenvalue weighted by Gasteiger charge is -2.21. The lowest BCUT2D eigenvalue weighted by atomic mass is 9.84. The summed E-state index contributed by atoms with van der Waals surface area (Å²) in [6, 6.07) is 0. The number of aliphatic hydroxyl groups excluding tert-OH is 1. The Balaban J connectivity index is 1.71. The number of ketones is 1. The SMILES string of the molecule is CC(C)=CCCC(C)CCCC(=O)[C@H]1[C@@H]2CC(CCCCC(=O)NS(C)(=O)=O)=C[C@@H]2C[C@@H]1O. The third-order valence-electron chi connectivity index (χ3n) is 7.04. The molecule has 188 valence electrons. The molecule has 1 saturated carbocycles. The van der Waals surface area contributed by atoms with E-state index in [4.69, 9.17) is 0 Å². The van der Waals surface area contributed by atoms with E-state index in [-0.39, 0.29) is 30.0 Å². The number of amides is 1. The van der Waals surface area contributed by atoms with Gasteiger partial charge in [0.05, 0.1) is 12.4 Å². The van der Waals surface area contributed by atoms with Gasteiger partial charge in [-0.15, -0.1) is 0 Å². The first-order valence-electron chi connectivity index (χ1n) is 12.5. The van der Waals surface area contributed by atoms with E-state index in [1.807, 2.05) is 4.72 Å². The van der Waals surface area contributed by atoms with Crippen molar-refractivity contribution in [2.24, 2.45) is 23.7 Å². The molecule has 2 rings (SSSR count). The molecule has 2 aliphatic rings. The molecular weight excluding hydrogens is 438 g/mol. The second-order valence-corrected chi connectivity index (χ2v) is 12.3. The molecular formula is C26H43NO5S. The monoisotopic (exact) mass is 481 g/mol. The highest BCUT2D eigenvalue weighted by atomic mass is 32.2. The predicted molar refractivity (Wildman–Crippen MR) is 132 cm³/mol. The van der Waals surface area contributed by atoms with Crippen LogP contribution in [0.4, 0.5) is 0 Å². The van der Waals surface area contributed by atoms with Crippen molar-refractivity contribution in [1.29, 1.82) is 0 Å². The molecule has 1 fully saturated rings. The van der Waals surface area contributed by atoms with Crippen molar-refractivity contribution >= 4 is 21.7 Å². The van der Waals surface area contributed by atoms with Crippen molar-refractivity contribution in [2.45, 2.75) is 97.5 Å². The minimum absolute atomic E-state index is 0.194. The molecule has 0 radical (unpaired) electrons. The molecule has 2 N–H and O–H groups in total. The largest absolute Gasteiger partial charge is 0.392 e. The van der Waals surface area contributed by atoms with Crippen molar-refractivity contribution in [1.82, 2.24) is 4.72 Å². The Kier molecular flexibility index (Phi) is 10.8. The maximum Gasteiger partial charge on any atom is 0.233 e. The van der Waals surface area contributed by atoms with Crippen LogP contribution in [0, 0.1) is 23.7 Å². The summed E-state index contributed by atoms with van der Waals surface area (Å²) in [5, 5.41) is 10.5. The van der Waals surface area contributed by atoms with Crippen molar-refractivity contribution < 1.29 is 23.1 Å². The van der Waals surface area contributed by atoms with Gasteiger partial charge in [0.1, 0.15) is 5.78 Å². The zero-order valence-electron chi connectivity index (χ0n) is 20.8. The van der Waals surface area contributed by atoms with E-state index in [0.717, 1.165) is 51.2 Å². The highest BCUT2D eigenvalue weighted by Crippen LogP contribution is 2.48. The van der Waals surface area contributed by atoms with Crippen LogP contribution in [-0.2, 0) is 19.6 Å². The molecule has 6 nitrogen and oxygen atoms in total. The molecule has 2 aliphatic carbocycles. The van der Waals surface area contributed by atoms with Gasteiger partial charge in [-0.1, -0.05) is 36.6 Å². The van der Waals surface area contributed by atoms with E-state index in [1.54, 1.807) is 0 Å². The average molecular weight is 482 g/mol. The fourth-order valence-electron chi connectivity index (χ4n) is 5.42. The number of unbranched alkanes of at least 4 members (excludes halogenated alkanes) is 1. The Labute approximate surface area is 200 Å². The molecule has 0 aliphatic heterocycles. The van der Waals surface area contributed by atoms with Crippen molar-refractivity contribution in [3.63, 3.8) is 0 Å². The first kappa shape index (κ1) is 27.8. The summed E-state index contributed by atoms with van der Waals surface area (Å²) in [5.41, 5.74) is 2.66. The van der Waals surface area contributed by atoms with Gasteiger partial charge < -0.3 is 5.11 Å². The number of Topliss-reactive ketones (excluding diaryl/α,β-unsaturated/α-hetero) is 1. The smallest absolute Gasteiger partial charge is 0.233 e. The topological polar surface area (TPSA) is 101 Å². The van der Waals surface area contributed by atoms with Crippen LogP contribution in [-0.4, -0.2) is 37.6 Å². The Hall–Kier alpha value is -1.47. The van der Waals surface area contributed by atoms with E-state index in [1.165, 1.54) is 11.1 Å². The summed E-state index contributed by atoms with van der Waals surface area (Å²) in [6.07, 6.45) is 13.7. The summed E-state index contributed by atoms with van der Waals surface area (Å²) in [4.78, 5) is 24.6. The number of sulfonamides is 1. The molecule has 0 aromatic heterocycles. The number of fused-ring (bicyclic) bond motifs is 1. The third kappa shape index (κ3) is 9.73. The summed E-state index contributed by atoms with van der Waals surface area (Å²) in [6.45, 7) is 6.49. The molecule has 0 bridgehead atoms. The van der Waals surface area contributed by atoms with Crippen LogP contribution in [0.1, 0.15) is 91.4 Å². The summed E-state index contributed by atoms with van der Waals surface area (Å²) in [7, 11) is -3.49. The van der Waals surface area contributed by atoms with Gasteiger partial charge in [-0.25, -0.2) is 8.42 Å². The van der Waals surface area contributed by atoms with Gasteiger partial charge >= 0.3 is 0 Å². The average Bonchev–Trinajstić information content (AvgIpc) is 3.19. The zero-order chi connectivity index (χ0) is 24.6. The lowest BCUT2D eigenvalue weighted by molar-refractivity contribution is -0.127. The normalized spacial score (nSPS) is 25.3. The van der Waals surface area contributed by atoms with Crippen LogP contribution < -0.4 is 4.72 Å². The third-order valence-corrected chi connectivity index (χ3v) is 7.64. The van der Waals surface area contributed by atoms with Crippen molar-refractivity contribution in [3.8, 4) is 0 Å². The van der Waals surface area contributed by atoms with E-state index in [0.29, 0.717) is 25.2 Å². The Morgan fingerprint density at radius 1 is 1.18 bits per heavy atom. The molecule has 0 aromatic carbocycles. The quantitative estimate of drug-likeness (QED) is 0.277. The van der Waals surface area contributed by atoms with E-state index in [9.17, 15) is 23.1 Å². The second kappa shape index (κ2) is 12.8. The number of carbonyl (C=O) groups is 2. The van der Waals surface area contributed by atoms with Gasteiger partial charge in [0.2, 0.25) is 15.9 Å². The molecule has 0 aromatic rings. The number of carbonyl (C=O) groups excluding carboxylic acids is 2. The molecule has 0 saturated heterocycles. The molecule has 1 amide bonds. The van der Waals surface area contributed by atoms with Gasteiger partial charge in [0.15, 0.2) is 0 Å². The maximum absolute atomic E-state index is 13.0. The van der Waals surface area contributed by atoms with Crippen LogP contribution in [0.2, 0.25) is 0 Å². The molecule has 0 spiro atoms. The minimum Gasteiger partial charge on any atom is -0.392 e. The number of hydrogen-bond acceptors (Lipinski definition) is 5.